The van der Waals surface area contributed by atoms with E-state index in [1.165, 1.54) is 0 Å². The fourth-order valence-electron chi connectivity index (χ4n) is 4.97. The van der Waals surface area contributed by atoms with Crippen molar-refractivity contribution < 1.29 is 33.4 Å². The molecule has 1 fully saturated rings. The Morgan fingerprint density at radius 3 is 2.00 bits per heavy atom. The number of primary amides is 1. The topological polar surface area (TPSA) is 174 Å². The number of hydrogen-bond acceptors (Lipinski definition) is 9. The summed E-state index contributed by atoms with van der Waals surface area (Å²) in [5.74, 6) is -1.55. The summed E-state index contributed by atoms with van der Waals surface area (Å²) in [4.78, 5) is 65.6. The van der Waals surface area contributed by atoms with Crippen molar-refractivity contribution in [2.24, 2.45) is 11.5 Å². The van der Waals surface area contributed by atoms with Gasteiger partial charge in [0.25, 0.3) is 0 Å². The van der Waals surface area contributed by atoms with E-state index in [2.05, 4.69) is 5.32 Å². The molecule has 0 aromatic heterocycles. The van der Waals surface area contributed by atoms with Crippen LogP contribution in [0.3, 0.4) is 0 Å². The Morgan fingerprint density at radius 1 is 0.800 bits per heavy atom. The lowest BCUT2D eigenvalue weighted by Crippen LogP contribution is -2.49. The van der Waals surface area contributed by atoms with Gasteiger partial charge >= 0.3 is 12.1 Å². The normalized spacial score (nSPS) is 13.9. The average molecular weight is 624 g/mol. The molecule has 1 heterocycles. The summed E-state index contributed by atoms with van der Waals surface area (Å²) in [6, 6.07) is 17.7. The number of imide groups is 1. The van der Waals surface area contributed by atoms with Crippen molar-refractivity contribution in [2.75, 3.05) is 19.6 Å². The second-order valence-electron chi connectivity index (χ2n) is 11.1. The van der Waals surface area contributed by atoms with E-state index in [9.17, 15) is 24.0 Å². The number of rotatable bonds is 18. The van der Waals surface area contributed by atoms with E-state index in [0.29, 0.717) is 38.9 Å². The molecule has 0 bridgehead atoms. The predicted octanol–water partition coefficient (Wildman–Crippen LogP) is 2.98. The summed E-state index contributed by atoms with van der Waals surface area (Å²) in [6.07, 6.45) is 1.15. The molecule has 5 N–H and O–H groups in total. The SMILES string of the molecule is NC(=O)CCC(NCCCCC(=O)N(C(=O)OCc1ccccc1)C(N)CCC(=O)OCc1ccccc1)C(=O)N1CCCC1. The highest BCUT2D eigenvalue weighted by atomic mass is 16.6. The molecule has 4 amide bonds. The Bertz CT molecular complexity index is 1240. The molecule has 244 valence electrons. The van der Waals surface area contributed by atoms with E-state index in [1.807, 2.05) is 48.5 Å². The summed E-state index contributed by atoms with van der Waals surface area (Å²) in [7, 11) is 0. The van der Waals surface area contributed by atoms with Crippen molar-refractivity contribution in [3.63, 3.8) is 0 Å². The predicted molar refractivity (Wildman–Crippen MR) is 167 cm³/mol. The molecule has 12 heteroatoms. The molecular formula is C33H45N5O7. The van der Waals surface area contributed by atoms with Crippen LogP contribution in [-0.2, 0) is 41.9 Å². The number of unbranched alkanes of at least 4 members (excludes halogenated alkanes) is 1. The molecule has 2 unspecified atom stereocenters. The van der Waals surface area contributed by atoms with Crippen LogP contribution in [0.5, 0.6) is 0 Å². The van der Waals surface area contributed by atoms with Gasteiger partial charge in [0.05, 0.1) is 12.2 Å². The zero-order valence-electron chi connectivity index (χ0n) is 25.7. The molecule has 1 aliphatic rings. The van der Waals surface area contributed by atoms with E-state index in [1.54, 1.807) is 17.0 Å². The van der Waals surface area contributed by atoms with Gasteiger partial charge in [-0.3, -0.25) is 19.2 Å². The molecule has 1 saturated heterocycles. The van der Waals surface area contributed by atoms with Crippen LogP contribution in [-0.4, -0.2) is 71.4 Å². The number of esters is 1. The monoisotopic (exact) mass is 623 g/mol. The molecule has 1 aliphatic heterocycles. The van der Waals surface area contributed by atoms with Crippen LogP contribution in [0.15, 0.2) is 60.7 Å². The van der Waals surface area contributed by atoms with E-state index in [4.69, 9.17) is 20.9 Å². The summed E-state index contributed by atoms with van der Waals surface area (Å²) >= 11 is 0. The first-order chi connectivity index (χ1) is 21.7. The maximum absolute atomic E-state index is 13.2. The van der Waals surface area contributed by atoms with Crippen LogP contribution in [0.25, 0.3) is 0 Å². The Kier molecular flexibility index (Phi) is 15.0. The van der Waals surface area contributed by atoms with Gasteiger partial charge in [-0.15, -0.1) is 0 Å². The second kappa shape index (κ2) is 19.2. The van der Waals surface area contributed by atoms with E-state index < -0.39 is 36.1 Å². The van der Waals surface area contributed by atoms with Crippen LogP contribution >= 0.6 is 0 Å². The van der Waals surface area contributed by atoms with Crippen LogP contribution < -0.4 is 16.8 Å². The summed E-state index contributed by atoms with van der Waals surface area (Å²) < 4.78 is 10.7. The maximum atomic E-state index is 13.2. The minimum absolute atomic E-state index is 0.000292. The molecule has 0 aliphatic carbocycles. The fraction of sp³-hybridized carbons (Fsp3) is 0.485. The molecule has 0 radical (unpaired) electrons. The van der Waals surface area contributed by atoms with Gasteiger partial charge in [-0.05, 0) is 56.2 Å². The lowest BCUT2D eigenvalue weighted by molar-refractivity contribution is -0.146. The standard InChI is InChI=1S/C33H45N5O7/c34-28(17-19-31(41)44-23-25-11-3-1-4-12-25)38(33(43)45-24-26-13-5-2-6-14-26)30(40)15-7-8-20-36-27(16-18-29(35)39)32(42)37-21-9-10-22-37/h1-6,11-14,27-28,36H,7-10,15-24,34H2,(H2,35,39). The number of benzene rings is 2. The lowest BCUT2D eigenvalue weighted by atomic mass is 10.1. The molecule has 3 rings (SSSR count). The van der Waals surface area contributed by atoms with Crippen molar-refractivity contribution in [1.29, 1.82) is 0 Å². The van der Waals surface area contributed by atoms with Crippen molar-refractivity contribution >= 4 is 29.8 Å². The number of nitrogens with zero attached hydrogens (tertiary/aromatic N) is 2. The van der Waals surface area contributed by atoms with Gasteiger partial charge in [-0.2, -0.15) is 0 Å². The Morgan fingerprint density at radius 2 is 1.40 bits per heavy atom. The second-order valence-corrected chi connectivity index (χ2v) is 11.1. The number of hydrogen-bond donors (Lipinski definition) is 3. The van der Waals surface area contributed by atoms with E-state index >= 15 is 0 Å². The number of likely N-dealkylation sites (tertiary alicyclic amines) is 1. The van der Waals surface area contributed by atoms with Gasteiger partial charge in [-0.1, -0.05) is 60.7 Å². The average Bonchev–Trinajstić information content (AvgIpc) is 3.59. The first-order valence-corrected chi connectivity index (χ1v) is 15.5. The van der Waals surface area contributed by atoms with Crippen molar-refractivity contribution in [2.45, 2.75) is 83.2 Å². The minimum atomic E-state index is -1.10. The molecule has 0 spiro atoms. The summed E-state index contributed by atoms with van der Waals surface area (Å²) in [5.41, 5.74) is 13.2. The molecule has 45 heavy (non-hydrogen) atoms. The van der Waals surface area contributed by atoms with E-state index in [0.717, 1.165) is 28.9 Å². The molecule has 12 nitrogen and oxygen atoms in total. The molecule has 0 saturated carbocycles. The van der Waals surface area contributed by atoms with Crippen LogP contribution in [0.1, 0.15) is 68.9 Å². The number of carbonyl (C=O) groups is 5. The highest BCUT2D eigenvalue weighted by Gasteiger charge is 2.30. The molecule has 2 aromatic rings. The minimum Gasteiger partial charge on any atom is -0.461 e. The largest absolute Gasteiger partial charge is 0.461 e. The highest BCUT2D eigenvalue weighted by molar-refractivity contribution is 5.92. The Labute approximate surface area is 264 Å². The van der Waals surface area contributed by atoms with Gasteiger partial charge in [0, 0.05) is 32.4 Å². The molecule has 2 aromatic carbocycles. The Balaban J connectivity index is 1.51. The van der Waals surface area contributed by atoms with Crippen molar-refractivity contribution in [1.82, 2.24) is 15.1 Å². The van der Waals surface area contributed by atoms with Crippen molar-refractivity contribution in [3.05, 3.63) is 71.8 Å². The maximum Gasteiger partial charge on any atom is 0.418 e. The zero-order chi connectivity index (χ0) is 32.4. The summed E-state index contributed by atoms with van der Waals surface area (Å²) in [6.45, 7) is 1.88. The quantitative estimate of drug-likeness (QED) is 0.128. The first kappa shape index (κ1) is 35.2. The first-order valence-electron chi connectivity index (χ1n) is 15.5. The summed E-state index contributed by atoms with van der Waals surface area (Å²) in [5, 5.41) is 3.20. The van der Waals surface area contributed by atoms with Crippen LogP contribution in [0, 0.1) is 0 Å². The number of nitrogens with one attached hydrogen (secondary N) is 1. The van der Waals surface area contributed by atoms with Crippen molar-refractivity contribution in [3.8, 4) is 0 Å². The van der Waals surface area contributed by atoms with Gasteiger partial charge in [0.15, 0.2) is 0 Å². The van der Waals surface area contributed by atoms with Crippen LogP contribution in [0.4, 0.5) is 4.79 Å². The third kappa shape index (κ3) is 12.7. The smallest absolute Gasteiger partial charge is 0.418 e. The van der Waals surface area contributed by atoms with Gasteiger partial charge in [0.2, 0.25) is 17.7 Å². The lowest BCUT2D eigenvalue weighted by Gasteiger charge is -2.26. The number of carbonyl (C=O) groups excluding carboxylic acids is 5. The third-order valence-electron chi connectivity index (χ3n) is 7.49. The molecular weight excluding hydrogens is 578 g/mol. The number of ether oxygens (including phenoxy) is 2. The third-order valence-corrected chi connectivity index (χ3v) is 7.49. The van der Waals surface area contributed by atoms with Gasteiger partial charge in [0.1, 0.15) is 13.2 Å². The van der Waals surface area contributed by atoms with Gasteiger partial charge < -0.3 is 31.2 Å². The Hall–Kier alpha value is -4.29. The number of amides is 4. The fourth-order valence-corrected chi connectivity index (χ4v) is 4.97. The van der Waals surface area contributed by atoms with Crippen LogP contribution in [0.2, 0.25) is 0 Å². The van der Waals surface area contributed by atoms with E-state index in [-0.39, 0.29) is 44.8 Å². The highest BCUT2D eigenvalue weighted by Crippen LogP contribution is 2.14. The molecule has 2 atom stereocenters. The zero-order valence-corrected chi connectivity index (χ0v) is 25.7. The number of nitrogens with two attached hydrogens (primary N) is 2. The van der Waals surface area contributed by atoms with Gasteiger partial charge in [-0.25, -0.2) is 9.69 Å².